The van der Waals surface area contributed by atoms with Gasteiger partial charge in [0.2, 0.25) is 0 Å². The van der Waals surface area contributed by atoms with Gasteiger partial charge in [0.1, 0.15) is 5.52 Å². The van der Waals surface area contributed by atoms with Gasteiger partial charge >= 0.3 is 0 Å². The SMILES string of the molecule is O=[N+]([O-])c1ccc2nc(NCCC3CCOC3)oc2c1. The van der Waals surface area contributed by atoms with Crippen LogP contribution in [0.2, 0.25) is 0 Å². The van der Waals surface area contributed by atoms with Crippen molar-refractivity contribution in [3.05, 3.63) is 28.3 Å². The van der Waals surface area contributed by atoms with E-state index >= 15 is 0 Å². The summed E-state index contributed by atoms with van der Waals surface area (Å²) in [6, 6.07) is 4.80. The highest BCUT2D eigenvalue weighted by Gasteiger charge is 2.16. The summed E-state index contributed by atoms with van der Waals surface area (Å²) in [5.41, 5.74) is 1.04. The Bertz CT molecular complexity index is 619. The van der Waals surface area contributed by atoms with Gasteiger partial charge in [0.15, 0.2) is 5.58 Å². The van der Waals surface area contributed by atoms with E-state index in [1.807, 2.05) is 0 Å². The van der Waals surface area contributed by atoms with Gasteiger partial charge in [-0.2, -0.15) is 4.98 Å². The highest BCUT2D eigenvalue weighted by atomic mass is 16.6. The van der Waals surface area contributed by atoms with Gasteiger partial charge in [0, 0.05) is 25.8 Å². The van der Waals surface area contributed by atoms with Crippen LogP contribution >= 0.6 is 0 Å². The summed E-state index contributed by atoms with van der Waals surface area (Å²) in [6.45, 7) is 2.42. The molecular weight excluding hydrogens is 262 g/mol. The summed E-state index contributed by atoms with van der Waals surface area (Å²) in [7, 11) is 0. The number of nitro benzene ring substituents is 1. The maximum atomic E-state index is 10.7. The lowest BCUT2D eigenvalue weighted by Crippen LogP contribution is -2.09. The number of oxazole rings is 1. The van der Waals surface area contributed by atoms with E-state index in [2.05, 4.69) is 10.3 Å². The van der Waals surface area contributed by atoms with Crippen molar-refractivity contribution >= 4 is 22.8 Å². The number of nitrogens with one attached hydrogen (secondary N) is 1. The molecule has 1 aromatic heterocycles. The zero-order chi connectivity index (χ0) is 13.9. The van der Waals surface area contributed by atoms with E-state index in [0.717, 1.165) is 32.6 Å². The molecule has 2 aromatic rings. The lowest BCUT2D eigenvalue weighted by Gasteiger charge is -2.06. The maximum absolute atomic E-state index is 10.7. The molecule has 0 saturated carbocycles. The Morgan fingerprint density at radius 1 is 1.50 bits per heavy atom. The average molecular weight is 277 g/mol. The van der Waals surface area contributed by atoms with Crippen LogP contribution in [0.25, 0.3) is 11.1 Å². The van der Waals surface area contributed by atoms with Crippen molar-refractivity contribution in [2.45, 2.75) is 12.8 Å². The molecule has 0 amide bonds. The zero-order valence-electron chi connectivity index (χ0n) is 10.9. The van der Waals surface area contributed by atoms with Crippen molar-refractivity contribution in [3.8, 4) is 0 Å². The summed E-state index contributed by atoms with van der Waals surface area (Å²) in [4.78, 5) is 14.5. The van der Waals surface area contributed by atoms with Gasteiger partial charge in [0.05, 0.1) is 11.0 Å². The molecule has 7 heteroatoms. The van der Waals surface area contributed by atoms with Crippen LogP contribution in [-0.4, -0.2) is 29.7 Å². The molecule has 3 rings (SSSR count). The fourth-order valence-electron chi connectivity index (χ4n) is 2.30. The summed E-state index contributed by atoms with van der Waals surface area (Å²) < 4.78 is 10.8. The van der Waals surface area contributed by atoms with Crippen LogP contribution in [0.5, 0.6) is 0 Å². The molecule has 7 nitrogen and oxygen atoms in total. The van der Waals surface area contributed by atoms with Crippen LogP contribution in [-0.2, 0) is 4.74 Å². The molecule has 106 valence electrons. The lowest BCUT2D eigenvalue weighted by molar-refractivity contribution is -0.384. The van der Waals surface area contributed by atoms with Crippen LogP contribution in [0.4, 0.5) is 11.7 Å². The third-order valence-electron chi connectivity index (χ3n) is 3.44. The van der Waals surface area contributed by atoms with Gasteiger partial charge in [-0.1, -0.05) is 0 Å². The fourth-order valence-corrected chi connectivity index (χ4v) is 2.30. The second kappa shape index (κ2) is 5.46. The minimum Gasteiger partial charge on any atom is -0.423 e. The first-order valence-corrected chi connectivity index (χ1v) is 6.59. The third-order valence-corrected chi connectivity index (χ3v) is 3.44. The van der Waals surface area contributed by atoms with E-state index in [1.165, 1.54) is 12.1 Å². The number of aromatic nitrogens is 1. The number of nitro groups is 1. The van der Waals surface area contributed by atoms with E-state index < -0.39 is 4.92 Å². The molecule has 0 bridgehead atoms. The Labute approximate surface area is 115 Å². The monoisotopic (exact) mass is 277 g/mol. The Morgan fingerprint density at radius 3 is 3.15 bits per heavy atom. The minimum atomic E-state index is -0.449. The molecule has 1 aromatic carbocycles. The van der Waals surface area contributed by atoms with E-state index in [9.17, 15) is 10.1 Å². The van der Waals surface area contributed by atoms with Gasteiger partial charge in [-0.3, -0.25) is 10.1 Å². The van der Waals surface area contributed by atoms with Crippen molar-refractivity contribution in [1.82, 2.24) is 4.98 Å². The number of anilines is 1. The quantitative estimate of drug-likeness (QED) is 0.667. The summed E-state index contributed by atoms with van der Waals surface area (Å²) in [5, 5.41) is 13.8. The first-order chi connectivity index (χ1) is 9.72. The van der Waals surface area contributed by atoms with Crippen molar-refractivity contribution in [3.63, 3.8) is 0 Å². The highest BCUT2D eigenvalue weighted by Crippen LogP contribution is 2.24. The second-order valence-electron chi connectivity index (χ2n) is 4.87. The number of ether oxygens (including phenoxy) is 1. The minimum absolute atomic E-state index is 0.00306. The van der Waals surface area contributed by atoms with Crippen LogP contribution in [0.3, 0.4) is 0 Å². The van der Waals surface area contributed by atoms with Crippen molar-refractivity contribution < 1.29 is 14.1 Å². The second-order valence-corrected chi connectivity index (χ2v) is 4.87. The Morgan fingerprint density at radius 2 is 2.40 bits per heavy atom. The van der Waals surface area contributed by atoms with Gasteiger partial charge in [-0.15, -0.1) is 0 Å². The standard InChI is InChI=1S/C13H15N3O4/c17-16(18)10-1-2-11-12(7-10)20-13(15-11)14-5-3-9-4-6-19-8-9/h1-2,7,9H,3-6,8H2,(H,14,15). The van der Waals surface area contributed by atoms with E-state index in [-0.39, 0.29) is 5.69 Å². The molecule has 1 aliphatic heterocycles. The highest BCUT2D eigenvalue weighted by molar-refractivity contribution is 5.77. The van der Waals surface area contributed by atoms with Gasteiger partial charge in [-0.05, 0) is 24.8 Å². The molecule has 1 aliphatic rings. The van der Waals surface area contributed by atoms with Crippen LogP contribution in [0.1, 0.15) is 12.8 Å². The molecule has 1 fully saturated rings. The number of benzene rings is 1. The Balaban J connectivity index is 1.64. The first kappa shape index (κ1) is 12.9. The third kappa shape index (κ3) is 2.72. The van der Waals surface area contributed by atoms with Crippen molar-refractivity contribution in [1.29, 1.82) is 0 Å². The molecule has 1 saturated heterocycles. The molecule has 0 aliphatic carbocycles. The molecule has 1 N–H and O–H groups in total. The number of fused-ring (bicyclic) bond motifs is 1. The molecule has 2 heterocycles. The van der Waals surface area contributed by atoms with Crippen LogP contribution in [0, 0.1) is 16.0 Å². The fraction of sp³-hybridized carbons (Fsp3) is 0.462. The first-order valence-electron chi connectivity index (χ1n) is 6.59. The largest absolute Gasteiger partial charge is 0.423 e. The maximum Gasteiger partial charge on any atom is 0.295 e. The Hall–Kier alpha value is -2.15. The number of nitrogens with zero attached hydrogens (tertiary/aromatic N) is 2. The summed E-state index contributed by atoms with van der Waals surface area (Å²) in [6.07, 6.45) is 2.10. The predicted octanol–water partition coefficient (Wildman–Crippen LogP) is 2.57. The molecular formula is C13H15N3O4. The van der Waals surface area contributed by atoms with Crippen LogP contribution in [0.15, 0.2) is 22.6 Å². The van der Waals surface area contributed by atoms with E-state index in [4.69, 9.17) is 9.15 Å². The van der Waals surface area contributed by atoms with Crippen molar-refractivity contribution in [2.75, 3.05) is 25.1 Å². The zero-order valence-corrected chi connectivity index (χ0v) is 10.9. The topological polar surface area (TPSA) is 90.4 Å². The number of hydrogen-bond acceptors (Lipinski definition) is 6. The molecule has 1 unspecified atom stereocenters. The normalized spacial score (nSPS) is 18.5. The molecule has 0 spiro atoms. The molecule has 0 radical (unpaired) electrons. The predicted molar refractivity (Wildman–Crippen MR) is 72.7 cm³/mol. The van der Waals surface area contributed by atoms with E-state index in [1.54, 1.807) is 6.07 Å². The number of non-ortho nitro benzene ring substituents is 1. The van der Waals surface area contributed by atoms with Gasteiger partial charge < -0.3 is 14.5 Å². The van der Waals surface area contributed by atoms with Crippen LogP contribution < -0.4 is 5.32 Å². The summed E-state index contributed by atoms with van der Waals surface area (Å²) in [5.74, 6) is 0.591. The van der Waals surface area contributed by atoms with E-state index in [0.29, 0.717) is 23.0 Å². The average Bonchev–Trinajstić information content (AvgIpc) is 3.06. The van der Waals surface area contributed by atoms with Gasteiger partial charge in [0.25, 0.3) is 11.7 Å². The number of hydrogen-bond donors (Lipinski definition) is 1. The molecule has 20 heavy (non-hydrogen) atoms. The Kier molecular flexibility index (Phi) is 3.51. The molecule has 1 atom stereocenters. The summed E-state index contributed by atoms with van der Waals surface area (Å²) >= 11 is 0. The van der Waals surface area contributed by atoms with Gasteiger partial charge in [-0.25, -0.2) is 0 Å². The smallest absolute Gasteiger partial charge is 0.295 e. The number of rotatable bonds is 5. The lowest BCUT2D eigenvalue weighted by atomic mass is 10.1. The van der Waals surface area contributed by atoms with Crippen molar-refractivity contribution in [2.24, 2.45) is 5.92 Å².